The van der Waals surface area contributed by atoms with E-state index in [1.807, 2.05) is 0 Å². The Morgan fingerprint density at radius 2 is 1.93 bits per heavy atom. The van der Waals surface area contributed by atoms with Gasteiger partial charge in [-0.25, -0.2) is 0 Å². The van der Waals surface area contributed by atoms with E-state index in [2.05, 4.69) is 24.3 Å². The lowest BCUT2D eigenvalue weighted by Crippen LogP contribution is -2.61. The van der Waals surface area contributed by atoms with Gasteiger partial charge in [0.2, 0.25) is 0 Å². The first-order valence-corrected chi connectivity index (χ1v) is 12.0. The number of carbonyl (C=O) groups excluding carboxylic acids is 2. The molecule has 0 aromatic carbocycles. The zero-order chi connectivity index (χ0) is 21.1. The number of Topliss-reactive ketones (excluding diaryl/α,β-unsaturated/α-hetero) is 2. The molecule has 4 saturated carbocycles. The highest BCUT2D eigenvalue weighted by Crippen LogP contribution is 2.65. The van der Waals surface area contributed by atoms with Gasteiger partial charge in [0.1, 0.15) is 17.7 Å². The first-order valence-electron chi connectivity index (χ1n) is 12.0. The molecule has 0 radical (unpaired) electrons. The summed E-state index contributed by atoms with van der Waals surface area (Å²) >= 11 is 0. The van der Waals surface area contributed by atoms with Gasteiger partial charge in [0, 0.05) is 36.6 Å². The van der Waals surface area contributed by atoms with Gasteiger partial charge in [0.05, 0.1) is 12.3 Å². The number of hydrogen-bond acceptors (Lipinski definition) is 6. The standard InChI is InChI=1S/C24H36N2O4/c1-23-8-5-14(26-30-15-7-10-25-12-15)11-19(23)16(13-27)22(29)21-17-3-4-20(28)24(17,2)9-6-18(21)23/h15-19,21,25,27H,3-13H2,1-2H3/t15?,16?,17-,18+,19?,21-,23+,24-/m0/s1. The van der Waals surface area contributed by atoms with E-state index in [0.717, 1.165) is 63.7 Å². The summed E-state index contributed by atoms with van der Waals surface area (Å²) in [6, 6.07) is 0. The van der Waals surface area contributed by atoms with Gasteiger partial charge >= 0.3 is 0 Å². The second-order valence-electron chi connectivity index (χ2n) is 11.0. The van der Waals surface area contributed by atoms with E-state index in [1.54, 1.807) is 0 Å². The molecule has 1 heterocycles. The molecule has 0 bridgehead atoms. The number of aliphatic hydroxyl groups is 1. The van der Waals surface area contributed by atoms with E-state index in [9.17, 15) is 14.7 Å². The van der Waals surface area contributed by atoms with Gasteiger partial charge in [0.15, 0.2) is 0 Å². The van der Waals surface area contributed by atoms with Crippen LogP contribution in [0.2, 0.25) is 0 Å². The molecule has 166 valence electrons. The molecule has 2 N–H and O–H groups in total. The molecular weight excluding hydrogens is 380 g/mol. The molecule has 3 unspecified atom stereocenters. The summed E-state index contributed by atoms with van der Waals surface area (Å²) in [5.74, 6) is 0.775. The van der Waals surface area contributed by atoms with Crippen LogP contribution in [-0.2, 0) is 14.4 Å². The topological polar surface area (TPSA) is 88.0 Å². The third-order valence-electron chi connectivity index (χ3n) is 9.80. The third-order valence-corrected chi connectivity index (χ3v) is 9.80. The number of carbonyl (C=O) groups is 2. The van der Waals surface area contributed by atoms with Gasteiger partial charge in [-0.2, -0.15) is 0 Å². The minimum absolute atomic E-state index is 0.0207. The van der Waals surface area contributed by atoms with Gasteiger partial charge in [-0.15, -0.1) is 0 Å². The summed E-state index contributed by atoms with van der Waals surface area (Å²) in [7, 11) is 0. The summed E-state index contributed by atoms with van der Waals surface area (Å²) in [5.41, 5.74) is 0.739. The van der Waals surface area contributed by atoms with E-state index in [4.69, 9.17) is 4.84 Å². The fraction of sp³-hybridized carbons (Fsp3) is 0.875. The molecule has 5 aliphatic rings. The molecule has 5 fully saturated rings. The Balaban J connectivity index is 1.42. The van der Waals surface area contributed by atoms with E-state index >= 15 is 0 Å². The van der Waals surface area contributed by atoms with Crippen LogP contribution in [0.5, 0.6) is 0 Å². The minimum Gasteiger partial charge on any atom is -0.396 e. The molecule has 0 amide bonds. The molecule has 5 rings (SSSR count). The Kier molecular flexibility index (Phi) is 5.09. The number of aliphatic hydroxyl groups excluding tert-OH is 1. The highest BCUT2D eigenvalue weighted by atomic mass is 16.6. The van der Waals surface area contributed by atoms with Crippen molar-refractivity contribution in [1.29, 1.82) is 0 Å². The van der Waals surface area contributed by atoms with Crippen molar-refractivity contribution in [3.63, 3.8) is 0 Å². The van der Waals surface area contributed by atoms with Crippen LogP contribution in [0.15, 0.2) is 5.16 Å². The molecule has 0 spiro atoms. The van der Waals surface area contributed by atoms with Crippen LogP contribution in [0.3, 0.4) is 0 Å². The van der Waals surface area contributed by atoms with Gasteiger partial charge < -0.3 is 15.3 Å². The molecule has 6 nitrogen and oxygen atoms in total. The molecule has 8 atom stereocenters. The summed E-state index contributed by atoms with van der Waals surface area (Å²) in [4.78, 5) is 32.1. The van der Waals surface area contributed by atoms with Crippen molar-refractivity contribution in [3.05, 3.63) is 0 Å². The highest BCUT2D eigenvalue weighted by Gasteiger charge is 2.65. The van der Waals surface area contributed by atoms with Crippen molar-refractivity contribution in [2.75, 3.05) is 19.7 Å². The van der Waals surface area contributed by atoms with E-state index < -0.39 is 0 Å². The summed E-state index contributed by atoms with van der Waals surface area (Å²) < 4.78 is 0. The van der Waals surface area contributed by atoms with Crippen molar-refractivity contribution in [2.45, 2.75) is 71.3 Å². The predicted octanol–water partition coefficient (Wildman–Crippen LogP) is 2.73. The van der Waals surface area contributed by atoms with Crippen molar-refractivity contribution in [2.24, 2.45) is 45.6 Å². The molecule has 30 heavy (non-hydrogen) atoms. The number of oxime groups is 1. The lowest BCUT2D eigenvalue weighted by atomic mass is 9.43. The largest absolute Gasteiger partial charge is 0.396 e. The van der Waals surface area contributed by atoms with Crippen molar-refractivity contribution >= 4 is 17.3 Å². The normalized spacial score (nSPS) is 49.6. The predicted molar refractivity (Wildman–Crippen MR) is 113 cm³/mol. The molecule has 1 saturated heterocycles. The van der Waals surface area contributed by atoms with Crippen LogP contribution in [0.25, 0.3) is 0 Å². The molecular formula is C24H36N2O4. The number of nitrogens with one attached hydrogen (secondary N) is 1. The van der Waals surface area contributed by atoms with Gasteiger partial charge in [-0.05, 0) is 68.2 Å². The fourth-order valence-electron chi connectivity index (χ4n) is 7.91. The van der Waals surface area contributed by atoms with E-state index in [-0.39, 0.29) is 53.0 Å². The quantitative estimate of drug-likeness (QED) is 0.691. The second kappa shape index (κ2) is 7.40. The fourth-order valence-corrected chi connectivity index (χ4v) is 7.91. The maximum Gasteiger partial charge on any atom is 0.142 e. The lowest BCUT2D eigenvalue weighted by Gasteiger charge is -2.60. The molecule has 1 aliphatic heterocycles. The number of rotatable bonds is 3. The third kappa shape index (κ3) is 2.93. The average molecular weight is 417 g/mol. The Morgan fingerprint density at radius 1 is 1.10 bits per heavy atom. The number of ketones is 2. The first-order chi connectivity index (χ1) is 14.4. The molecule has 0 aromatic heterocycles. The summed E-state index contributed by atoms with van der Waals surface area (Å²) in [5, 5.41) is 18.1. The zero-order valence-corrected chi connectivity index (χ0v) is 18.4. The SMILES string of the molecule is C[C@]12CCC(=NOC3CCNC3)CC1C(CO)C(=O)[C@@H]1[C@H]2CC[C@]2(C)C(=O)CC[C@@H]12. The Bertz CT molecular complexity index is 760. The van der Waals surface area contributed by atoms with Crippen molar-refractivity contribution in [1.82, 2.24) is 5.32 Å². The van der Waals surface area contributed by atoms with Crippen LogP contribution < -0.4 is 5.32 Å². The van der Waals surface area contributed by atoms with Crippen LogP contribution in [0, 0.1) is 40.4 Å². The summed E-state index contributed by atoms with van der Waals surface area (Å²) in [6.45, 7) is 6.17. The maximum absolute atomic E-state index is 13.7. The van der Waals surface area contributed by atoms with Crippen LogP contribution >= 0.6 is 0 Å². The van der Waals surface area contributed by atoms with Crippen molar-refractivity contribution < 1.29 is 19.5 Å². The smallest absolute Gasteiger partial charge is 0.142 e. The Hall–Kier alpha value is -1.27. The maximum atomic E-state index is 13.7. The van der Waals surface area contributed by atoms with E-state index in [1.165, 1.54) is 0 Å². The Morgan fingerprint density at radius 3 is 2.67 bits per heavy atom. The monoisotopic (exact) mass is 416 g/mol. The number of hydrogen-bond donors (Lipinski definition) is 2. The van der Waals surface area contributed by atoms with Gasteiger partial charge in [0.25, 0.3) is 0 Å². The average Bonchev–Trinajstić information content (AvgIpc) is 3.36. The highest BCUT2D eigenvalue weighted by molar-refractivity contribution is 5.93. The number of fused-ring (bicyclic) bond motifs is 5. The van der Waals surface area contributed by atoms with E-state index in [0.29, 0.717) is 18.1 Å². The second-order valence-corrected chi connectivity index (χ2v) is 11.0. The van der Waals surface area contributed by atoms with Gasteiger partial charge in [-0.3, -0.25) is 9.59 Å². The van der Waals surface area contributed by atoms with Crippen LogP contribution in [-0.4, -0.2) is 48.2 Å². The van der Waals surface area contributed by atoms with Gasteiger partial charge in [-0.1, -0.05) is 19.0 Å². The molecule has 6 heteroatoms. The Labute approximate surface area is 179 Å². The first kappa shape index (κ1) is 20.6. The lowest BCUT2D eigenvalue weighted by molar-refractivity contribution is -0.166. The zero-order valence-electron chi connectivity index (χ0n) is 18.4. The van der Waals surface area contributed by atoms with Crippen LogP contribution in [0.4, 0.5) is 0 Å². The van der Waals surface area contributed by atoms with Crippen molar-refractivity contribution in [3.8, 4) is 0 Å². The number of nitrogens with zero attached hydrogens (tertiary/aromatic N) is 1. The molecule has 0 aromatic rings. The summed E-state index contributed by atoms with van der Waals surface area (Å²) in [6.07, 6.45) is 7.10. The van der Waals surface area contributed by atoms with Crippen LogP contribution in [0.1, 0.15) is 65.2 Å². The molecule has 4 aliphatic carbocycles. The minimum atomic E-state index is -0.340.